The Hall–Kier alpha value is -5.11. The molecule has 2 aromatic carbocycles. The van der Waals surface area contributed by atoms with E-state index in [1.807, 2.05) is 6.08 Å². The van der Waals surface area contributed by atoms with Crippen molar-refractivity contribution in [3.8, 4) is 5.75 Å². The van der Waals surface area contributed by atoms with Crippen LogP contribution < -0.4 is 20.5 Å². The predicted octanol–water partition coefficient (Wildman–Crippen LogP) is 2.93. The molecule has 2 aromatic rings. The van der Waals surface area contributed by atoms with Crippen molar-refractivity contribution in [3.05, 3.63) is 82.1 Å². The number of Topliss-reactive ketones (excluding diaryl/α,β-unsaturated/α-hetero) is 1. The van der Waals surface area contributed by atoms with E-state index in [2.05, 4.69) is 15.7 Å². The highest BCUT2D eigenvalue weighted by Crippen LogP contribution is 2.31. The Balaban J connectivity index is 1.46. The lowest BCUT2D eigenvalue weighted by atomic mass is 10.0. The quantitative estimate of drug-likeness (QED) is 0.303. The van der Waals surface area contributed by atoms with Gasteiger partial charge < -0.3 is 10.1 Å². The summed E-state index contributed by atoms with van der Waals surface area (Å²) in [4.78, 5) is 43.3. The van der Waals surface area contributed by atoms with Crippen LogP contribution >= 0.6 is 0 Å². The Kier molecular flexibility index (Phi) is 7.72. The topological polar surface area (TPSA) is 148 Å². The van der Waals surface area contributed by atoms with Crippen LogP contribution in [0.3, 0.4) is 0 Å². The summed E-state index contributed by atoms with van der Waals surface area (Å²) in [5, 5.41) is 22.2. The molecule has 0 aliphatic carbocycles. The zero-order valence-corrected chi connectivity index (χ0v) is 23.2. The summed E-state index contributed by atoms with van der Waals surface area (Å²) in [7, 11) is 1.37. The van der Waals surface area contributed by atoms with Crippen molar-refractivity contribution in [2.24, 2.45) is 10.1 Å². The fourth-order valence-electron chi connectivity index (χ4n) is 4.67. The van der Waals surface area contributed by atoms with Crippen molar-refractivity contribution < 1.29 is 23.6 Å². The molecule has 14 heteroatoms. The SMILES string of the molecule is COc1cc(C2=CCN3N=C4N(C(C)(C)C(=O)Nc5ccc(F)cc5)CCC(=O)C[N+]4NC=C3N=C2)ccc1[N+](=O)[O-]. The number of anilines is 1. The standard InChI is InChI=1S/C28H29FN8O5/c1-28(2,26(39)32-21-7-5-20(29)6-8-21)34-12-11-22(38)17-36-27(34)33-35-13-10-19(15-30-25(35)16-31-36)18-4-9-23(37(40)41)24(14-18)42-3/h4-10,14-16,31H,11-13,17H2,1-3H3,(H,32,39)/q+1. The van der Waals surface area contributed by atoms with Gasteiger partial charge in [-0.1, -0.05) is 11.2 Å². The second-order valence-electron chi connectivity index (χ2n) is 10.2. The van der Waals surface area contributed by atoms with E-state index in [0.29, 0.717) is 28.6 Å². The average Bonchev–Trinajstić information content (AvgIpc) is 3.33. The number of carbonyl (C=O) groups excluding carboxylic acids is 2. The molecule has 3 aliphatic rings. The molecule has 0 spiro atoms. The first-order valence-electron chi connectivity index (χ1n) is 13.1. The van der Waals surface area contributed by atoms with Crippen molar-refractivity contribution in [2.75, 3.05) is 32.1 Å². The number of nitro benzene ring substituents is 1. The zero-order valence-electron chi connectivity index (χ0n) is 23.2. The van der Waals surface area contributed by atoms with Crippen molar-refractivity contribution in [2.45, 2.75) is 25.8 Å². The van der Waals surface area contributed by atoms with Gasteiger partial charge in [0, 0.05) is 35.9 Å². The van der Waals surface area contributed by atoms with Gasteiger partial charge in [0.25, 0.3) is 0 Å². The van der Waals surface area contributed by atoms with E-state index in [1.165, 1.54) is 37.4 Å². The lowest BCUT2D eigenvalue weighted by Crippen LogP contribution is -2.62. The number of nitro groups is 1. The number of hydrogen-bond donors (Lipinski definition) is 2. The summed E-state index contributed by atoms with van der Waals surface area (Å²) in [6.07, 6.45) is 5.30. The van der Waals surface area contributed by atoms with Gasteiger partial charge in [0.15, 0.2) is 17.4 Å². The fourth-order valence-corrected chi connectivity index (χ4v) is 4.67. The van der Waals surface area contributed by atoms with Gasteiger partial charge >= 0.3 is 11.6 Å². The van der Waals surface area contributed by atoms with Gasteiger partial charge in [-0.05, 0) is 61.4 Å². The fraction of sp³-hybridized carbons (Fsp3) is 0.286. The zero-order chi connectivity index (χ0) is 30.0. The van der Waals surface area contributed by atoms with E-state index in [-0.39, 0.29) is 49.2 Å². The van der Waals surface area contributed by atoms with Crippen LogP contribution in [0.2, 0.25) is 0 Å². The Bertz CT molecular complexity index is 1550. The number of ether oxygens (including phenoxy) is 1. The molecule has 1 radical (unpaired) electrons. The van der Waals surface area contributed by atoms with Gasteiger partial charge in [0.1, 0.15) is 11.4 Å². The number of ketones is 1. The summed E-state index contributed by atoms with van der Waals surface area (Å²) in [5.41, 5.74) is 3.58. The molecule has 42 heavy (non-hydrogen) atoms. The molecule has 1 fully saturated rings. The minimum absolute atomic E-state index is 0.0238. The maximum absolute atomic E-state index is 13.5. The Morgan fingerprint density at radius 2 is 2.00 bits per heavy atom. The third kappa shape index (κ3) is 5.69. The number of aliphatic imine (C=N–C) groups is 1. The van der Waals surface area contributed by atoms with Crippen LogP contribution in [-0.2, 0) is 9.59 Å². The molecule has 0 unspecified atom stereocenters. The maximum Gasteiger partial charge on any atom is 0.401 e. The number of hydrogen-bond acceptors (Lipinski definition) is 11. The number of allylic oxidation sites excluding steroid dienone is 1. The van der Waals surface area contributed by atoms with E-state index in [4.69, 9.17) is 9.84 Å². The van der Waals surface area contributed by atoms with Crippen molar-refractivity contribution >= 4 is 40.8 Å². The molecule has 3 aliphatic heterocycles. The molecule has 1 saturated heterocycles. The van der Waals surface area contributed by atoms with E-state index in [0.717, 1.165) is 0 Å². The van der Waals surface area contributed by atoms with Crippen LogP contribution in [-0.4, -0.2) is 71.0 Å². The van der Waals surface area contributed by atoms with Gasteiger partial charge in [-0.15, -0.1) is 0 Å². The van der Waals surface area contributed by atoms with Gasteiger partial charge in [-0.3, -0.25) is 24.6 Å². The lowest BCUT2D eigenvalue weighted by Gasteiger charge is -2.36. The highest BCUT2D eigenvalue weighted by atomic mass is 19.1. The number of nitrogens with zero attached hydrogens (tertiary/aromatic N) is 6. The van der Waals surface area contributed by atoms with Crippen LogP contribution in [0.1, 0.15) is 25.8 Å². The number of amides is 1. The number of rotatable bonds is 6. The van der Waals surface area contributed by atoms with Crippen LogP contribution in [0.15, 0.2) is 70.7 Å². The third-order valence-corrected chi connectivity index (χ3v) is 7.12. The summed E-state index contributed by atoms with van der Waals surface area (Å²) in [5.74, 6) is 0.0861. The molecule has 5 rings (SSSR count). The first-order chi connectivity index (χ1) is 20.1. The lowest BCUT2D eigenvalue weighted by molar-refractivity contribution is -0.385. The smallest absolute Gasteiger partial charge is 0.401 e. The number of guanidine groups is 1. The van der Waals surface area contributed by atoms with Crippen LogP contribution in [0.5, 0.6) is 5.75 Å². The van der Waals surface area contributed by atoms with E-state index in [9.17, 15) is 24.1 Å². The Labute approximate surface area is 240 Å². The molecule has 3 heterocycles. The number of hydrazine groups is 1. The van der Waals surface area contributed by atoms with E-state index >= 15 is 0 Å². The highest BCUT2D eigenvalue weighted by molar-refractivity contribution is 6.10. The molecular formula is C28H29FN8O5+. The molecule has 1 amide bonds. The number of benzene rings is 2. The number of methoxy groups -OCH3 is 1. The molecular weight excluding hydrogens is 547 g/mol. The monoisotopic (exact) mass is 576 g/mol. The average molecular weight is 577 g/mol. The molecule has 0 aromatic heterocycles. The summed E-state index contributed by atoms with van der Waals surface area (Å²) >= 11 is 0. The largest absolute Gasteiger partial charge is 0.490 e. The van der Waals surface area contributed by atoms with Crippen LogP contribution in [0.25, 0.3) is 5.57 Å². The first kappa shape index (κ1) is 28.4. The molecule has 0 bridgehead atoms. The maximum atomic E-state index is 13.5. The van der Waals surface area contributed by atoms with Gasteiger partial charge in [-0.2, -0.15) is 5.43 Å². The Morgan fingerprint density at radius 3 is 2.71 bits per heavy atom. The van der Waals surface area contributed by atoms with Gasteiger partial charge in [-0.25, -0.2) is 14.4 Å². The van der Waals surface area contributed by atoms with Crippen molar-refractivity contribution in [1.82, 2.24) is 20.3 Å². The second-order valence-corrected chi connectivity index (χ2v) is 10.2. The summed E-state index contributed by atoms with van der Waals surface area (Å²) < 4.78 is 18.6. The normalized spacial score (nSPS) is 17.3. The second kappa shape index (κ2) is 11.4. The molecule has 217 valence electrons. The van der Waals surface area contributed by atoms with E-state index in [1.54, 1.807) is 53.3 Å². The van der Waals surface area contributed by atoms with Crippen molar-refractivity contribution in [1.29, 1.82) is 0 Å². The molecule has 2 N–H and O–H groups in total. The predicted molar refractivity (Wildman–Crippen MR) is 154 cm³/mol. The number of halogens is 1. The molecule has 0 saturated carbocycles. The van der Waals surface area contributed by atoms with Gasteiger partial charge in [0.2, 0.25) is 12.5 Å². The molecule has 13 nitrogen and oxygen atoms in total. The van der Waals surface area contributed by atoms with E-state index < -0.39 is 16.3 Å². The number of carbonyl (C=O) groups is 2. The summed E-state index contributed by atoms with van der Waals surface area (Å²) in [6, 6.07) is 10.0. The third-order valence-electron chi connectivity index (χ3n) is 7.12. The highest BCUT2D eigenvalue weighted by Gasteiger charge is 2.47. The Morgan fingerprint density at radius 1 is 1.24 bits per heavy atom. The van der Waals surface area contributed by atoms with Crippen LogP contribution in [0.4, 0.5) is 15.8 Å². The number of nitrogens with one attached hydrogen (secondary N) is 2. The van der Waals surface area contributed by atoms with Crippen LogP contribution in [0, 0.1) is 15.9 Å². The summed E-state index contributed by atoms with van der Waals surface area (Å²) in [6.45, 7) is 3.97. The van der Waals surface area contributed by atoms with Gasteiger partial charge in [0.05, 0.1) is 24.8 Å². The number of hydrazone groups is 1. The first-order valence-corrected chi connectivity index (χ1v) is 13.1. The number of fused-ring (bicyclic) bond motifs is 2. The minimum atomic E-state index is -1.17. The molecule has 0 atom stereocenters. The van der Waals surface area contributed by atoms with Crippen molar-refractivity contribution in [3.63, 3.8) is 0 Å². The minimum Gasteiger partial charge on any atom is -0.490 e.